The number of esters is 1. The maximum atomic E-state index is 13.2. The van der Waals surface area contributed by atoms with E-state index in [0.717, 1.165) is 26.4 Å². The Balaban J connectivity index is 1.47. The molecule has 0 aliphatic carbocycles. The average Bonchev–Trinajstić information content (AvgIpc) is 3.26. The molecule has 0 bridgehead atoms. The van der Waals surface area contributed by atoms with Gasteiger partial charge in [0.15, 0.2) is 0 Å². The molecule has 0 saturated heterocycles. The van der Waals surface area contributed by atoms with Gasteiger partial charge in [0.2, 0.25) is 11.8 Å². The van der Waals surface area contributed by atoms with Gasteiger partial charge in [0.25, 0.3) is 0 Å². The number of carbonyl (C=O) groups is 1. The Morgan fingerprint density at radius 3 is 2.50 bits per heavy atom. The van der Waals surface area contributed by atoms with Crippen molar-refractivity contribution in [3.8, 4) is 11.1 Å². The maximum absolute atomic E-state index is 13.2. The highest BCUT2D eigenvalue weighted by Crippen LogP contribution is 2.29. The Labute approximate surface area is 176 Å². The van der Waals surface area contributed by atoms with Crippen molar-refractivity contribution >= 4 is 27.5 Å². The lowest BCUT2D eigenvalue weighted by atomic mass is 10.1. The third-order valence-corrected chi connectivity index (χ3v) is 5.16. The van der Waals surface area contributed by atoms with Gasteiger partial charge < -0.3 is 9.15 Å². The Kier molecular flexibility index (Phi) is 5.34. The van der Waals surface area contributed by atoms with Crippen molar-refractivity contribution < 1.29 is 18.3 Å². The lowest BCUT2D eigenvalue weighted by Crippen LogP contribution is -2.24. The number of aromatic nitrogens is 3. The highest BCUT2D eigenvalue weighted by atomic mass is 32.1. The molecule has 2 heterocycles. The molecule has 4 aromatic rings. The first-order valence-corrected chi connectivity index (χ1v) is 10.3. The minimum absolute atomic E-state index is 0.0643. The first-order valence-electron chi connectivity index (χ1n) is 9.44. The lowest BCUT2D eigenvalue weighted by molar-refractivity contribution is -0.154. The molecule has 154 valence electrons. The molecule has 30 heavy (non-hydrogen) atoms. The molecule has 2 aromatic carbocycles. The molecule has 0 saturated carbocycles. The van der Waals surface area contributed by atoms with Gasteiger partial charge in [-0.3, -0.25) is 4.79 Å². The summed E-state index contributed by atoms with van der Waals surface area (Å²) in [6.45, 7) is 5.41. The lowest BCUT2D eigenvalue weighted by Gasteiger charge is -2.18. The summed E-state index contributed by atoms with van der Waals surface area (Å²) in [7, 11) is 0. The van der Waals surface area contributed by atoms with E-state index in [1.807, 2.05) is 18.2 Å². The number of benzene rings is 2. The molecule has 0 radical (unpaired) electrons. The van der Waals surface area contributed by atoms with Crippen LogP contribution in [0.1, 0.15) is 37.6 Å². The molecule has 0 atom stereocenters. The van der Waals surface area contributed by atoms with E-state index in [1.54, 1.807) is 32.9 Å². The van der Waals surface area contributed by atoms with Crippen LogP contribution >= 0.6 is 11.3 Å². The average molecular weight is 425 g/mol. The molecule has 6 nitrogen and oxygen atoms in total. The second-order valence-corrected chi connectivity index (χ2v) is 8.94. The Bertz CT molecular complexity index is 1190. The van der Waals surface area contributed by atoms with Gasteiger partial charge in [-0.1, -0.05) is 18.2 Å². The highest BCUT2D eigenvalue weighted by Gasteiger charge is 2.19. The minimum Gasteiger partial charge on any atom is -0.460 e. The number of hydrogen-bond donors (Lipinski definition) is 0. The van der Waals surface area contributed by atoms with Crippen LogP contribution in [0.2, 0.25) is 0 Å². The molecule has 0 aliphatic rings. The smallest absolute Gasteiger partial charge is 0.315 e. The van der Waals surface area contributed by atoms with E-state index in [-0.39, 0.29) is 18.1 Å². The van der Waals surface area contributed by atoms with Crippen LogP contribution in [0.4, 0.5) is 4.39 Å². The summed E-state index contributed by atoms with van der Waals surface area (Å²) in [5.41, 5.74) is 2.25. The maximum Gasteiger partial charge on any atom is 0.315 e. The van der Waals surface area contributed by atoms with E-state index < -0.39 is 11.6 Å². The Hall–Kier alpha value is -3.13. The fraction of sp³-hybridized carbons (Fsp3) is 0.273. The number of carbonyl (C=O) groups excluding carboxylic acids is 1. The van der Waals surface area contributed by atoms with Crippen LogP contribution in [0, 0.1) is 5.82 Å². The predicted octanol–water partition coefficient (Wildman–Crippen LogP) is 4.96. The standard InChI is InChI=1S/C22H20FN3O3S/c1-22(2,3)29-21(27)12-19-26-25-18(28-19)11-20-24-16-9-6-14(10-17(16)30-20)13-4-7-15(23)8-5-13/h4-10H,11-12H2,1-3H3. The number of ether oxygens (including phenoxy) is 1. The largest absolute Gasteiger partial charge is 0.460 e. The molecule has 0 N–H and O–H groups in total. The first-order chi connectivity index (χ1) is 14.2. The third-order valence-electron chi connectivity index (χ3n) is 4.14. The number of hydrogen-bond acceptors (Lipinski definition) is 7. The predicted molar refractivity (Wildman–Crippen MR) is 112 cm³/mol. The Morgan fingerprint density at radius 1 is 1.07 bits per heavy atom. The first kappa shape index (κ1) is 20.2. The van der Waals surface area contributed by atoms with Crippen molar-refractivity contribution in [2.45, 2.75) is 39.2 Å². The molecule has 0 unspecified atom stereocenters. The fourth-order valence-corrected chi connectivity index (χ4v) is 3.93. The van der Waals surface area contributed by atoms with Crippen molar-refractivity contribution in [2.24, 2.45) is 0 Å². The summed E-state index contributed by atoms with van der Waals surface area (Å²) in [6.07, 6.45) is 0.317. The van der Waals surface area contributed by atoms with Crippen LogP contribution in [0.15, 0.2) is 46.9 Å². The zero-order valence-electron chi connectivity index (χ0n) is 16.8. The molecule has 4 rings (SSSR count). The van der Waals surface area contributed by atoms with E-state index in [1.165, 1.54) is 23.5 Å². The second-order valence-electron chi connectivity index (χ2n) is 7.83. The van der Waals surface area contributed by atoms with Gasteiger partial charge in [-0.2, -0.15) is 0 Å². The van der Waals surface area contributed by atoms with Gasteiger partial charge in [0.05, 0.1) is 16.6 Å². The van der Waals surface area contributed by atoms with Crippen molar-refractivity contribution in [1.82, 2.24) is 15.2 Å². The van der Waals surface area contributed by atoms with Gasteiger partial charge in [0.1, 0.15) is 22.8 Å². The number of rotatable bonds is 5. The second kappa shape index (κ2) is 7.95. The van der Waals surface area contributed by atoms with Gasteiger partial charge in [-0.15, -0.1) is 21.5 Å². The molecular formula is C22H20FN3O3S. The van der Waals surface area contributed by atoms with Gasteiger partial charge in [0, 0.05) is 0 Å². The molecule has 0 aliphatic heterocycles. The number of halogens is 1. The zero-order valence-corrected chi connectivity index (χ0v) is 17.6. The van der Waals surface area contributed by atoms with Crippen LogP contribution in [0.5, 0.6) is 0 Å². The van der Waals surface area contributed by atoms with Crippen molar-refractivity contribution in [1.29, 1.82) is 0 Å². The molecule has 0 spiro atoms. The van der Waals surface area contributed by atoms with Crippen molar-refractivity contribution in [2.75, 3.05) is 0 Å². The monoisotopic (exact) mass is 425 g/mol. The fourth-order valence-electron chi connectivity index (χ4n) is 2.93. The van der Waals surface area contributed by atoms with E-state index in [9.17, 15) is 9.18 Å². The van der Waals surface area contributed by atoms with E-state index in [2.05, 4.69) is 15.2 Å². The number of nitrogens with zero attached hydrogens (tertiary/aromatic N) is 3. The van der Waals surface area contributed by atoms with Crippen molar-refractivity contribution in [3.05, 3.63) is 65.1 Å². The molecular weight excluding hydrogens is 405 g/mol. The molecule has 2 aromatic heterocycles. The number of fused-ring (bicyclic) bond motifs is 1. The van der Waals surface area contributed by atoms with Crippen LogP contribution in [0.25, 0.3) is 21.3 Å². The Morgan fingerprint density at radius 2 is 1.77 bits per heavy atom. The molecule has 0 amide bonds. The zero-order chi connectivity index (χ0) is 21.3. The molecule has 8 heteroatoms. The number of thiazole rings is 1. The van der Waals surface area contributed by atoms with Crippen LogP contribution < -0.4 is 0 Å². The summed E-state index contributed by atoms with van der Waals surface area (Å²) >= 11 is 1.53. The minimum atomic E-state index is -0.562. The van der Waals surface area contributed by atoms with E-state index >= 15 is 0 Å². The topological polar surface area (TPSA) is 78.1 Å². The van der Waals surface area contributed by atoms with Gasteiger partial charge >= 0.3 is 5.97 Å². The summed E-state index contributed by atoms with van der Waals surface area (Å²) in [5.74, 6) is -0.0539. The van der Waals surface area contributed by atoms with E-state index in [4.69, 9.17) is 9.15 Å². The van der Waals surface area contributed by atoms with Crippen LogP contribution in [-0.2, 0) is 22.4 Å². The van der Waals surface area contributed by atoms with Crippen LogP contribution in [-0.4, -0.2) is 26.8 Å². The normalized spacial score (nSPS) is 11.7. The van der Waals surface area contributed by atoms with Gasteiger partial charge in [-0.05, 0) is 56.2 Å². The summed E-state index contributed by atoms with van der Waals surface area (Å²) in [6, 6.07) is 12.3. The summed E-state index contributed by atoms with van der Waals surface area (Å²) in [5, 5.41) is 8.76. The SMILES string of the molecule is CC(C)(C)OC(=O)Cc1nnc(Cc2nc3ccc(-c4ccc(F)cc4)cc3s2)o1. The van der Waals surface area contributed by atoms with Crippen molar-refractivity contribution in [3.63, 3.8) is 0 Å². The highest BCUT2D eigenvalue weighted by molar-refractivity contribution is 7.18. The quantitative estimate of drug-likeness (QED) is 0.421. The van der Waals surface area contributed by atoms with Gasteiger partial charge in [-0.25, -0.2) is 9.37 Å². The van der Waals surface area contributed by atoms with Crippen LogP contribution in [0.3, 0.4) is 0 Å². The third kappa shape index (κ3) is 4.88. The summed E-state index contributed by atoms with van der Waals surface area (Å²) in [4.78, 5) is 16.5. The summed E-state index contributed by atoms with van der Waals surface area (Å²) < 4.78 is 25.0. The molecule has 0 fully saturated rings. The van der Waals surface area contributed by atoms with E-state index in [0.29, 0.717) is 12.3 Å².